The summed E-state index contributed by atoms with van der Waals surface area (Å²) in [6.45, 7) is 6.48. The maximum atomic E-state index is 12.5. The minimum absolute atomic E-state index is 0.0258. The second kappa shape index (κ2) is 5.82. The molecule has 1 N–H and O–H groups in total. The standard InChI is InChI=1S/C17H24N2O4S/c1-16(2)12-17(3)14(15(20)18-16)11-23-19(17)9-10-24(21,22)13-7-5-4-6-8-13/h4-8,14H,9-12H2,1-3H3,(H,18,20)/t14-,17+/m1/s1. The van der Waals surface area contributed by atoms with Crippen molar-refractivity contribution in [2.75, 3.05) is 18.9 Å². The van der Waals surface area contributed by atoms with Gasteiger partial charge in [0.2, 0.25) is 5.91 Å². The van der Waals surface area contributed by atoms with E-state index >= 15 is 0 Å². The molecule has 0 saturated carbocycles. The van der Waals surface area contributed by atoms with Gasteiger partial charge in [-0.25, -0.2) is 8.42 Å². The van der Waals surface area contributed by atoms with Crippen molar-refractivity contribution in [3.8, 4) is 0 Å². The summed E-state index contributed by atoms with van der Waals surface area (Å²) < 4.78 is 25.0. The van der Waals surface area contributed by atoms with Gasteiger partial charge in [0.05, 0.1) is 28.7 Å². The first-order chi connectivity index (χ1) is 11.1. The number of hydrogen-bond acceptors (Lipinski definition) is 5. The molecule has 0 spiro atoms. The van der Waals surface area contributed by atoms with Gasteiger partial charge in [0.25, 0.3) is 0 Å². The van der Waals surface area contributed by atoms with E-state index in [4.69, 9.17) is 4.84 Å². The van der Waals surface area contributed by atoms with Crippen LogP contribution in [0.25, 0.3) is 0 Å². The van der Waals surface area contributed by atoms with Crippen molar-refractivity contribution < 1.29 is 18.0 Å². The van der Waals surface area contributed by atoms with Crippen LogP contribution < -0.4 is 5.32 Å². The molecule has 1 aromatic rings. The van der Waals surface area contributed by atoms with Crippen molar-refractivity contribution >= 4 is 15.7 Å². The topological polar surface area (TPSA) is 75.7 Å². The zero-order valence-electron chi connectivity index (χ0n) is 14.3. The average Bonchev–Trinajstić information content (AvgIpc) is 2.81. The van der Waals surface area contributed by atoms with E-state index in [9.17, 15) is 13.2 Å². The first-order valence-corrected chi connectivity index (χ1v) is 9.80. The Labute approximate surface area is 143 Å². The molecule has 24 heavy (non-hydrogen) atoms. The molecule has 0 aliphatic carbocycles. The molecular formula is C17H24N2O4S. The van der Waals surface area contributed by atoms with Gasteiger partial charge in [0.15, 0.2) is 9.84 Å². The van der Waals surface area contributed by atoms with Crippen LogP contribution >= 0.6 is 0 Å². The highest BCUT2D eigenvalue weighted by Crippen LogP contribution is 2.42. The first-order valence-electron chi connectivity index (χ1n) is 8.14. The lowest BCUT2D eigenvalue weighted by Crippen LogP contribution is -2.64. The number of amides is 1. The second-order valence-corrected chi connectivity index (χ2v) is 9.60. The maximum absolute atomic E-state index is 12.5. The highest BCUT2D eigenvalue weighted by Gasteiger charge is 2.56. The zero-order chi connectivity index (χ0) is 17.6. The van der Waals surface area contributed by atoms with Crippen LogP contribution in [-0.4, -0.2) is 49.4 Å². The Morgan fingerprint density at radius 2 is 1.92 bits per heavy atom. The van der Waals surface area contributed by atoms with Crippen molar-refractivity contribution in [2.24, 2.45) is 5.92 Å². The summed E-state index contributed by atoms with van der Waals surface area (Å²) in [5.74, 6) is -0.339. The van der Waals surface area contributed by atoms with Gasteiger partial charge in [0, 0.05) is 12.1 Å². The van der Waals surface area contributed by atoms with E-state index in [-0.39, 0.29) is 29.7 Å². The lowest BCUT2D eigenvalue weighted by molar-refractivity contribution is -0.166. The van der Waals surface area contributed by atoms with Crippen LogP contribution in [0.5, 0.6) is 0 Å². The van der Waals surface area contributed by atoms with Crippen LogP contribution in [0.1, 0.15) is 27.2 Å². The van der Waals surface area contributed by atoms with E-state index in [2.05, 4.69) is 5.32 Å². The molecule has 7 heteroatoms. The number of piperidine rings is 1. The third-order valence-electron chi connectivity index (χ3n) is 4.96. The maximum Gasteiger partial charge on any atom is 0.227 e. The molecule has 2 heterocycles. The largest absolute Gasteiger partial charge is 0.351 e. The van der Waals surface area contributed by atoms with Crippen molar-refractivity contribution in [1.82, 2.24) is 10.4 Å². The summed E-state index contributed by atoms with van der Waals surface area (Å²) in [6, 6.07) is 8.41. The Balaban J connectivity index is 1.75. The fourth-order valence-corrected chi connectivity index (χ4v) is 5.08. The van der Waals surface area contributed by atoms with Crippen LogP contribution in [0.3, 0.4) is 0 Å². The van der Waals surface area contributed by atoms with E-state index in [1.165, 1.54) is 0 Å². The van der Waals surface area contributed by atoms with E-state index in [1.807, 2.05) is 20.8 Å². The number of hydrogen-bond donors (Lipinski definition) is 1. The van der Waals surface area contributed by atoms with E-state index in [0.717, 1.165) is 0 Å². The monoisotopic (exact) mass is 352 g/mol. The SMILES string of the molecule is CC1(C)C[C@@]2(C)[C@H](CON2CCS(=O)(=O)c2ccccc2)C(=O)N1. The predicted molar refractivity (Wildman–Crippen MR) is 89.9 cm³/mol. The summed E-state index contributed by atoms with van der Waals surface area (Å²) in [5.41, 5.74) is -0.829. The molecule has 2 atom stereocenters. The molecule has 0 bridgehead atoms. The molecule has 2 aliphatic heterocycles. The Hall–Kier alpha value is -1.44. The minimum Gasteiger partial charge on any atom is -0.351 e. The van der Waals surface area contributed by atoms with Crippen LogP contribution in [0.2, 0.25) is 0 Å². The summed E-state index contributed by atoms with van der Waals surface area (Å²) in [5, 5.41) is 4.71. The number of benzene rings is 1. The van der Waals surface area contributed by atoms with Crippen LogP contribution in [0.4, 0.5) is 0 Å². The van der Waals surface area contributed by atoms with Crippen molar-refractivity contribution in [1.29, 1.82) is 0 Å². The van der Waals surface area contributed by atoms with Crippen molar-refractivity contribution in [3.05, 3.63) is 30.3 Å². The molecule has 132 valence electrons. The summed E-state index contributed by atoms with van der Waals surface area (Å²) in [6.07, 6.45) is 0.710. The molecule has 1 aromatic carbocycles. The minimum atomic E-state index is -3.38. The van der Waals surface area contributed by atoms with Crippen LogP contribution in [0.15, 0.2) is 35.2 Å². The number of fused-ring (bicyclic) bond motifs is 1. The Kier molecular flexibility index (Phi) is 4.22. The van der Waals surface area contributed by atoms with E-state index in [0.29, 0.717) is 17.9 Å². The van der Waals surface area contributed by atoms with Gasteiger partial charge in [-0.15, -0.1) is 0 Å². The predicted octanol–water partition coefficient (Wildman–Crippen LogP) is 1.38. The molecule has 0 unspecified atom stereocenters. The van der Waals surface area contributed by atoms with Crippen LogP contribution in [0, 0.1) is 5.92 Å². The molecule has 0 radical (unpaired) electrons. The van der Waals surface area contributed by atoms with Crippen molar-refractivity contribution in [2.45, 2.75) is 43.2 Å². The quantitative estimate of drug-likeness (QED) is 0.886. The van der Waals surface area contributed by atoms with Gasteiger partial charge in [0.1, 0.15) is 0 Å². The number of carbonyl (C=O) groups excluding carboxylic acids is 1. The van der Waals surface area contributed by atoms with Crippen LogP contribution in [-0.2, 0) is 19.5 Å². The normalized spacial score (nSPS) is 30.0. The summed E-state index contributed by atoms with van der Waals surface area (Å²) in [7, 11) is -3.38. The number of rotatable bonds is 4. The number of nitrogens with zero attached hydrogens (tertiary/aromatic N) is 1. The Morgan fingerprint density at radius 1 is 1.25 bits per heavy atom. The molecule has 0 aromatic heterocycles. The van der Waals surface area contributed by atoms with E-state index in [1.54, 1.807) is 35.4 Å². The van der Waals surface area contributed by atoms with Crippen molar-refractivity contribution in [3.63, 3.8) is 0 Å². The lowest BCUT2D eigenvalue weighted by atomic mass is 9.73. The third kappa shape index (κ3) is 3.08. The number of sulfone groups is 1. The Bertz CT molecular complexity index is 732. The molecule has 1 amide bonds. The highest BCUT2D eigenvalue weighted by atomic mass is 32.2. The molecular weight excluding hydrogens is 328 g/mol. The zero-order valence-corrected chi connectivity index (χ0v) is 15.1. The second-order valence-electron chi connectivity index (χ2n) is 7.49. The number of carbonyl (C=O) groups is 1. The smallest absolute Gasteiger partial charge is 0.227 e. The average molecular weight is 352 g/mol. The van der Waals surface area contributed by atoms with E-state index < -0.39 is 15.4 Å². The molecule has 2 aliphatic rings. The van der Waals surface area contributed by atoms with Gasteiger partial charge < -0.3 is 5.32 Å². The van der Waals surface area contributed by atoms with Gasteiger partial charge in [-0.1, -0.05) is 18.2 Å². The fraction of sp³-hybridized carbons (Fsp3) is 0.588. The number of hydroxylamine groups is 2. The van der Waals surface area contributed by atoms with Gasteiger partial charge in [-0.3, -0.25) is 9.63 Å². The Morgan fingerprint density at radius 3 is 2.58 bits per heavy atom. The third-order valence-corrected chi connectivity index (χ3v) is 6.67. The molecule has 2 saturated heterocycles. The van der Waals surface area contributed by atoms with Gasteiger partial charge in [-0.05, 0) is 39.3 Å². The fourth-order valence-electron chi connectivity index (χ4n) is 3.86. The van der Waals surface area contributed by atoms with Gasteiger partial charge in [-0.2, -0.15) is 5.06 Å². The number of nitrogens with one attached hydrogen (secondary N) is 1. The molecule has 2 fully saturated rings. The summed E-state index contributed by atoms with van der Waals surface area (Å²) >= 11 is 0. The van der Waals surface area contributed by atoms with Gasteiger partial charge >= 0.3 is 0 Å². The highest BCUT2D eigenvalue weighted by molar-refractivity contribution is 7.91. The lowest BCUT2D eigenvalue weighted by Gasteiger charge is -2.46. The molecule has 6 nitrogen and oxygen atoms in total. The summed E-state index contributed by atoms with van der Waals surface area (Å²) in [4.78, 5) is 18.3. The molecule has 3 rings (SSSR count). The first kappa shape index (κ1) is 17.4.